The molecule has 1 aromatic carbocycles. The number of rotatable bonds is 9. The molecule has 1 rings (SSSR count). The van der Waals surface area contributed by atoms with E-state index in [4.69, 9.17) is 21.1 Å². The van der Waals surface area contributed by atoms with Crippen LogP contribution in [0, 0.1) is 5.92 Å². The Hall–Kier alpha value is -1.26. The lowest BCUT2D eigenvalue weighted by atomic mass is 10.1. The minimum Gasteiger partial charge on any atom is -0.491 e. The van der Waals surface area contributed by atoms with Gasteiger partial charge in [0.1, 0.15) is 12.4 Å². The molecule has 0 heterocycles. The van der Waals surface area contributed by atoms with Gasteiger partial charge in [-0.2, -0.15) is 0 Å². The van der Waals surface area contributed by atoms with Gasteiger partial charge in [0.2, 0.25) is 6.41 Å². The summed E-state index contributed by atoms with van der Waals surface area (Å²) in [5.74, 6) is 1.12. The summed E-state index contributed by atoms with van der Waals surface area (Å²) in [6.45, 7) is 6.40. The van der Waals surface area contributed by atoms with Crippen LogP contribution in [0.3, 0.4) is 0 Å². The summed E-state index contributed by atoms with van der Waals surface area (Å²) in [7, 11) is 1.63. The highest BCUT2D eigenvalue weighted by atomic mass is 35.5. The molecule has 0 radical (unpaired) electrons. The molecule has 0 N–H and O–H groups in total. The van der Waals surface area contributed by atoms with Crippen molar-refractivity contribution < 1.29 is 14.3 Å². The van der Waals surface area contributed by atoms with Gasteiger partial charge in [0.15, 0.2) is 0 Å². The molecule has 0 spiro atoms. The summed E-state index contributed by atoms with van der Waals surface area (Å²) in [6.07, 6.45) is 0.867. The lowest BCUT2D eigenvalue weighted by Crippen LogP contribution is -2.25. The zero-order chi connectivity index (χ0) is 15.0. The summed E-state index contributed by atoms with van der Waals surface area (Å²) in [5.41, 5.74) is 0.956. The lowest BCUT2D eigenvalue weighted by Gasteiger charge is -2.20. The fourth-order valence-electron chi connectivity index (χ4n) is 1.89. The van der Waals surface area contributed by atoms with E-state index in [1.165, 1.54) is 0 Å². The first-order valence-corrected chi connectivity index (χ1v) is 7.03. The van der Waals surface area contributed by atoms with Crippen LogP contribution in [0.25, 0.3) is 0 Å². The molecule has 0 aliphatic heterocycles. The fourth-order valence-corrected chi connectivity index (χ4v) is 2.13. The quantitative estimate of drug-likeness (QED) is 0.520. The van der Waals surface area contributed by atoms with Crippen LogP contribution in [0.15, 0.2) is 18.2 Å². The Balaban J connectivity index is 2.71. The van der Waals surface area contributed by atoms with Crippen LogP contribution in [0.2, 0.25) is 5.02 Å². The maximum atomic E-state index is 11.1. The highest BCUT2D eigenvalue weighted by Crippen LogP contribution is 2.22. The van der Waals surface area contributed by atoms with E-state index in [-0.39, 0.29) is 0 Å². The number of hydrogen-bond donors (Lipinski definition) is 0. The van der Waals surface area contributed by atoms with Crippen molar-refractivity contribution in [1.29, 1.82) is 0 Å². The van der Waals surface area contributed by atoms with Crippen molar-refractivity contribution in [3.63, 3.8) is 0 Å². The first-order valence-electron chi connectivity index (χ1n) is 6.65. The molecule has 0 saturated carbocycles. The number of methoxy groups -OCH3 is 1. The molecule has 5 heteroatoms. The van der Waals surface area contributed by atoms with E-state index in [0.29, 0.717) is 36.4 Å². The van der Waals surface area contributed by atoms with E-state index in [2.05, 4.69) is 13.8 Å². The number of carbonyl (C=O) groups excluding carboxylic acids is 1. The molecule has 1 aromatic rings. The predicted octanol–water partition coefficient (Wildman–Crippen LogP) is 2.98. The maximum absolute atomic E-state index is 11.1. The number of hydrogen-bond acceptors (Lipinski definition) is 3. The highest BCUT2D eigenvalue weighted by Gasteiger charge is 2.08. The van der Waals surface area contributed by atoms with Gasteiger partial charge in [0.25, 0.3) is 0 Å². The fraction of sp³-hybridized carbons (Fsp3) is 0.533. The van der Waals surface area contributed by atoms with E-state index in [1.54, 1.807) is 18.1 Å². The van der Waals surface area contributed by atoms with Crippen molar-refractivity contribution >= 4 is 18.0 Å². The van der Waals surface area contributed by atoms with Gasteiger partial charge in [-0.1, -0.05) is 25.4 Å². The molecule has 4 nitrogen and oxygen atoms in total. The van der Waals surface area contributed by atoms with Gasteiger partial charge in [-0.15, -0.1) is 0 Å². The Morgan fingerprint density at radius 2 is 2.05 bits per heavy atom. The zero-order valence-corrected chi connectivity index (χ0v) is 13.0. The normalized spacial score (nSPS) is 10.7. The van der Waals surface area contributed by atoms with Crippen molar-refractivity contribution in [3.8, 4) is 5.75 Å². The summed E-state index contributed by atoms with van der Waals surface area (Å²) >= 11 is 6.08. The molecule has 0 aliphatic rings. The third-order valence-electron chi connectivity index (χ3n) is 2.62. The SMILES string of the molecule is COCCOc1cc(Cl)cc(CN(C=O)CC(C)C)c1. The second kappa shape index (κ2) is 8.82. The molecule has 20 heavy (non-hydrogen) atoms. The first-order chi connectivity index (χ1) is 9.55. The van der Waals surface area contributed by atoms with Crippen molar-refractivity contribution in [2.75, 3.05) is 26.9 Å². The number of nitrogens with zero attached hydrogens (tertiary/aromatic N) is 1. The second-order valence-electron chi connectivity index (χ2n) is 5.07. The topological polar surface area (TPSA) is 38.8 Å². The van der Waals surface area contributed by atoms with Crippen molar-refractivity contribution in [2.24, 2.45) is 5.92 Å². The Labute approximate surface area is 125 Å². The monoisotopic (exact) mass is 299 g/mol. The average molecular weight is 300 g/mol. The Bertz CT molecular complexity index is 424. The third kappa shape index (κ3) is 6.26. The van der Waals surface area contributed by atoms with Gasteiger partial charge in [0.05, 0.1) is 6.61 Å². The molecule has 1 amide bonds. The smallest absolute Gasteiger partial charge is 0.210 e. The van der Waals surface area contributed by atoms with Crippen LogP contribution in [-0.4, -0.2) is 38.2 Å². The number of ether oxygens (including phenoxy) is 2. The molecular weight excluding hydrogens is 278 g/mol. The Morgan fingerprint density at radius 3 is 2.65 bits per heavy atom. The summed E-state index contributed by atoms with van der Waals surface area (Å²) in [4.78, 5) is 12.8. The van der Waals surface area contributed by atoms with Gasteiger partial charge in [-0.05, 0) is 29.7 Å². The van der Waals surface area contributed by atoms with E-state index in [0.717, 1.165) is 18.5 Å². The minimum atomic E-state index is 0.428. The summed E-state index contributed by atoms with van der Waals surface area (Å²) < 4.78 is 10.5. The number of benzene rings is 1. The van der Waals surface area contributed by atoms with Crippen LogP contribution >= 0.6 is 11.6 Å². The Morgan fingerprint density at radius 1 is 1.30 bits per heavy atom. The molecule has 0 fully saturated rings. The largest absolute Gasteiger partial charge is 0.491 e. The summed E-state index contributed by atoms with van der Waals surface area (Å²) in [6, 6.07) is 5.51. The highest BCUT2D eigenvalue weighted by molar-refractivity contribution is 6.30. The van der Waals surface area contributed by atoms with E-state index in [1.807, 2.05) is 12.1 Å². The molecule has 0 saturated heterocycles. The van der Waals surface area contributed by atoms with Crippen LogP contribution in [0.5, 0.6) is 5.75 Å². The van der Waals surface area contributed by atoms with Crippen LogP contribution < -0.4 is 4.74 Å². The molecule has 112 valence electrons. The van der Waals surface area contributed by atoms with Gasteiger partial charge < -0.3 is 14.4 Å². The molecular formula is C15H22ClNO3. The van der Waals surface area contributed by atoms with Crippen molar-refractivity contribution in [1.82, 2.24) is 4.90 Å². The van der Waals surface area contributed by atoms with E-state index < -0.39 is 0 Å². The van der Waals surface area contributed by atoms with E-state index >= 15 is 0 Å². The van der Waals surface area contributed by atoms with Gasteiger partial charge in [-0.3, -0.25) is 4.79 Å². The van der Waals surface area contributed by atoms with Crippen molar-refractivity contribution in [3.05, 3.63) is 28.8 Å². The maximum Gasteiger partial charge on any atom is 0.210 e. The van der Waals surface area contributed by atoms with Gasteiger partial charge >= 0.3 is 0 Å². The lowest BCUT2D eigenvalue weighted by molar-refractivity contribution is -0.119. The first kappa shape index (κ1) is 16.8. The third-order valence-corrected chi connectivity index (χ3v) is 2.84. The zero-order valence-electron chi connectivity index (χ0n) is 12.3. The van der Waals surface area contributed by atoms with Gasteiger partial charge in [0, 0.05) is 25.2 Å². The predicted molar refractivity (Wildman–Crippen MR) is 80.1 cm³/mol. The van der Waals surface area contributed by atoms with Crippen LogP contribution in [0.1, 0.15) is 19.4 Å². The van der Waals surface area contributed by atoms with Crippen molar-refractivity contribution in [2.45, 2.75) is 20.4 Å². The number of carbonyl (C=O) groups is 1. The molecule has 0 aromatic heterocycles. The van der Waals surface area contributed by atoms with Crippen LogP contribution in [-0.2, 0) is 16.1 Å². The average Bonchev–Trinajstić information content (AvgIpc) is 2.37. The molecule has 0 atom stereocenters. The summed E-state index contributed by atoms with van der Waals surface area (Å²) in [5, 5.41) is 0.602. The Kier molecular flexibility index (Phi) is 7.41. The number of halogens is 1. The standard InChI is InChI=1S/C15H22ClNO3/c1-12(2)9-17(11-18)10-13-6-14(16)8-15(7-13)20-5-4-19-3/h6-8,11-12H,4-5,9-10H2,1-3H3. The number of amides is 1. The van der Waals surface area contributed by atoms with Crippen LogP contribution in [0.4, 0.5) is 0 Å². The minimum absolute atomic E-state index is 0.428. The molecule has 0 unspecified atom stereocenters. The second-order valence-corrected chi connectivity index (χ2v) is 5.50. The molecule has 0 bridgehead atoms. The van der Waals surface area contributed by atoms with E-state index in [9.17, 15) is 4.79 Å². The van der Waals surface area contributed by atoms with Gasteiger partial charge in [-0.25, -0.2) is 0 Å². The molecule has 0 aliphatic carbocycles.